The van der Waals surface area contributed by atoms with Crippen LogP contribution in [0.3, 0.4) is 0 Å². The molecule has 2 fully saturated rings. The van der Waals surface area contributed by atoms with Crippen molar-refractivity contribution in [3.8, 4) is 11.1 Å². The first kappa shape index (κ1) is 19.2. The van der Waals surface area contributed by atoms with Crippen molar-refractivity contribution in [2.45, 2.75) is 30.9 Å². The highest BCUT2D eigenvalue weighted by Crippen LogP contribution is 2.33. The second-order valence-corrected chi connectivity index (χ2v) is 9.95. The highest BCUT2D eigenvalue weighted by molar-refractivity contribution is 7.90. The summed E-state index contributed by atoms with van der Waals surface area (Å²) in [6.45, 7) is 1.74. The Morgan fingerprint density at radius 2 is 1.50 bits per heavy atom. The van der Waals surface area contributed by atoms with E-state index in [4.69, 9.17) is 0 Å². The van der Waals surface area contributed by atoms with Gasteiger partial charge in [-0.2, -0.15) is 0 Å². The summed E-state index contributed by atoms with van der Waals surface area (Å²) < 4.78 is 26.2. The summed E-state index contributed by atoms with van der Waals surface area (Å²) in [6, 6.07) is 17.7. The summed E-state index contributed by atoms with van der Waals surface area (Å²) in [4.78, 5) is 12.4. The van der Waals surface area contributed by atoms with Crippen LogP contribution in [0.4, 0.5) is 0 Å². The molecular weight excluding hydrogens is 372 g/mol. The molecule has 1 heterocycles. The van der Waals surface area contributed by atoms with E-state index in [1.807, 2.05) is 54.6 Å². The molecule has 1 aliphatic heterocycles. The molecule has 2 aromatic rings. The van der Waals surface area contributed by atoms with Gasteiger partial charge in [0.15, 0.2) is 0 Å². The number of sulfonamides is 1. The van der Waals surface area contributed by atoms with Gasteiger partial charge in [-0.3, -0.25) is 4.79 Å². The first-order chi connectivity index (χ1) is 13.5. The molecule has 1 amide bonds. The summed E-state index contributed by atoms with van der Waals surface area (Å²) in [7, 11) is -3.07. The van der Waals surface area contributed by atoms with Gasteiger partial charge < -0.3 is 5.32 Å². The van der Waals surface area contributed by atoms with E-state index < -0.39 is 10.0 Å². The first-order valence-electron chi connectivity index (χ1n) is 9.97. The molecule has 1 N–H and O–H groups in total. The number of carbonyl (C=O) groups is 1. The molecule has 5 nitrogen and oxygen atoms in total. The molecule has 1 saturated heterocycles. The fraction of sp³-hybridized carbons (Fsp3) is 0.409. The minimum Gasteiger partial charge on any atom is -0.352 e. The van der Waals surface area contributed by atoms with Crippen molar-refractivity contribution in [1.29, 1.82) is 0 Å². The van der Waals surface area contributed by atoms with Crippen molar-refractivity contribution in [3.05, 3.63) is 60.2 Å². The normalized spacial score (nSPS) is 18.7. The predicted octanol–water partition coefficient (Wildman–Crippen LogP) is 3.29. The second-order valence-electron chi connectivity index (χ2n) is 7.74. The van der Waals surface area contributed by atoms with E-state index in [9.17, 15) is 13.2 Å². The van der Waals surface area contributed by atoms with Gasteiger partial charge in [-0.25, -0.2) is 12.7 Å². The van der Waals surface area contributed by atoms with Crippen LogP contribution < -0.4 is 5.32 Å². The van der Waals surface area contributed by atoms with Crippen LogP contribution >= 0.6 is 0 Å². The second kappa shape index (κ2) is 8.05. The summed E-state index contributed by atoms with van der Waals surface area (Å²) >= 11 is 0. The number of piperidine rings is 1. The van der Waals surface area contributed by atoms with Crippen LogP contribution in [0.2, 0.25) is 0 Å². The Kier molecular flexibility index (Phi) is 5.51. The summed E-state index contributed by atoms with van der Waals surface area (Å²) in [5, 5.41) is 2.87. The van der Waals surface area contributed by atoms with E-state index in [1.54, 1.807) is 4.31 Å². The van der Waals surface area contributed by atoms with E-state index in [-0.39, 0.29) is 11.2 Å². The van der Waals surface area contributed by atoms with Gasteiger partial charge in [-0.15, -0.1) is 0 Å². The molecule has 1 saturated carbocycles. The molecule has 2 aromatic carbocycles. The van der Waals surface area contributed by atoms with Crippen molar-refractivity contribution in [2.75, 3.05) is 19.6 Å². The monoisotopic (exact) mass is 398 g/mol. The SMILES string of the molecule is O=C(NCC1CCN(S(=O)(=O)C2CC2)CC1)c1ccc(-c2ccccc2)cc1. The maximum atomic E-state index is 12.4. The third-order valence-electron chi connectivity index (χ3n) is 5.68. The van der Waals surface area contributed by atoms with Crippen molar-refractivity contribution in [1.82, 2.24) is 9.62 Å². The van der Waals surface area contributed by atoms with Crippen molar-refractivity contribution < 1.29 is 13.2 Å². The number of hydrogen-bond donors (Lipinski definition) is 1. The molecule has 0 radical (unpaired) electrons. The lowest BCUT2D eigenvalue weighted by Gasteiger charge is -2.31. The van der Waals surface area contributed by atoms with Crippen LogP contribution in [0.5, 0.6) is 0 Å². The van der Waals surface area contributed by atoms with Gasteiger partial charge in [-0.05, 0) is 54.9 Å². The van der Waals surface area contributed by atoms with Crippen molar-refractivity contribution in [2.24, 2.45) is 5.92 Å². The molecule has 2 aliphatic rings. The molecule has 148 valence electrons. The first-order valence-corrected chi connectivity index (χ1v) is 11.5. The van der Waals surface area contributed by atoms with Crippen molar-refractivity contribution in [3.63, 3.8) is 0 Å². The molecule has 1 aliphatic carbocycles. The maximum Gasteiger partial charge on any atom is 0.251 e. The van der Waals surface area contributed by atoms with Gasteiger partial charge in [-0.1, -0.05) is 42.5 Å². The summed E-state index contributed by atoms with van der Waals surface area (Å²) in [5.41, 5.74) is 2.86. The fourth-order valence-corrected chi connectivity index (χ4v) is 5.60. The average Bonchev–Trinajstić information content (AvgIpc) is 3.59. The Bertz CT molecular complexity index is 914. The number of benzene rings is 2. The van der Waals surface area contributed by atoms with Gasteiger partial charge in [0.05, 0.1) is 5.25 Å². The lowest BCUT2D eigenvalue weighted by Crippen LogP contribution is -2.42. The average molecular weight is 399 g/mol. The van der Waals surface area contributed by atoms with Crippen LogP contribution in [0.15, 0.2) is 54.6 Å². The standard InChI is InChI=1S/C22H26N2O3S/c25-22(20-8-6-19(7-9-20)18-4-2-1-3-5-18)23-16-17-12-14-24(15-13-17)28(26,27)21-10-11-21/h1-9,17,21H,10-16H2,(H,23,25). The minimum atomic E-state index is -3.07. The number of amides is 1. The predicted molar refractivity (Wildman–Crippen MR) is 110 cm³/mol. The van der Waals surface area contributed by atoms with Crippen molar-refractivity contribution >= 4 is 15.9 Å². The summed E-state index contributed by atoms with van der Waals surface area (Å²) in [5.74, 6) is 0.255. The third kappa shape index (κ3) is 4.28. The Balaban J connectivity index is 1.27. The largest absolute Gasteiger partial charge is 0.352 e. The maximum absolute atomic E-state index is 12.4. The topological polar surface area (TPSA) is 66.5 Å². The molecule has 4 rings (SSSR count). The Hall–Kier alpha value is -2.18. The highest BCUT2D eigenvalue weighted by Gasteiger charge is 2.41. The van der Waals surface area contributed by atoms with E-state index in [1.165, 1.54) is 0 Å². The number of hydrogen-bond acceptors (Lipinski definition) is 3. The number of nitrogens with zero attached hydrogens (tertiary/aromatic N) is 1. The van der Waals surface area contributed by atoms with Gasteiger partial charge in [0, 0.05) is 25.2 Å². The number of nitrogens with one attached hydrogen (secondary N) is 1. The van der Waals surface area contributed by atoms with Gasteiger partial charge in [0.25, 0.3) is 5.91 Å². The lowest BCUT2D eigenvalue weighted by molar-refractivity contribution is 0.0941. The zero-order valence-corrected chi connectivity index (χ0v) is 16.7. The molecule has 0 spiro atoms. The third-order valence-corrected chi connectivity index (χ3v) is 8.08. The molecule has 0 unspecified atom stereocenters. The van der Waals surface area contributed by atoms with Crippen LogP contribution in [0, 0.1) is 5.92 Å². The molecule has 0 atom stereocenters. The highest BCUT2D eigenvalue weighted by atomic mass is 32.2. The number of rotatable bonds is 6. The quantitative estimate of drug-likeness (QED) is 0.812. The Morgan fingerprint density at radius 1 is 0.893 bits per heavy atom. The fourth-order valence-electron chi connectivity index (χ4n) is 3.73. The van der Waals surface area contributed by atoms with Gasteiger partial charge in [0.1, 0.15) is 0 Å². The van der Waals surface area contributed by atoms with E-state index >= 15 is 0 Å². The molecule has 0 aromatic heterocycles. The molecule has 0 bridgehead atoms. The van der Waals surface area contributed by atoms with E-state index in [0.29, 0.717) is 31.1 Å². The molecule has 28 heavy (non-hydrogen) atoms. The number of carbonyl (C=O) groups excluding carboxylic acids is 1. The van der Waals surface area contributed by atoms with E-state index in [2.05, 4.69) is 5.32 Å². The summed E-state index contributed by atoms with van der Waals surface area (Å²) in [6.07, 6.45) is 3.22. The zero-order valence-electron chi connectivity index (χ0n) is 15.9. The minimum absolute atomic E-state index is 0.0763. The Morgan fingerprint density at radius 3 is 2.11 bits per heavy atom. The van der Waals surface area contributed by atoms with Crippen LogP contribution in [0.1, 0.15) is 36.0 Å². The zero-order chi connectivity index (χ0) is 19.6. The van der Waals surface area contributed by atoms with Gasteiger partial charge >= 0.3 is 0 Å². The lowest BCUT2D eigenvalue weighted by atomic mass is 9.98. The van der Waals surface area contributed by atoms with Crippen LogP contribution in [0.25, 0.3) is 11.1 Å². The van der Waals surface area contributed by atoms with Crippen LogP contribution in [-0.4, -0.2) is 43.5 Å². The molecule has 6 heteroatoms. The van der Waals surface area contributed by atoms with E-state index in [0.717, 1.165) is 36.8 Å². The van der Waals surface area contributed by atoms with Crippen LogP contribution in [-0.2, 0) is 10.0 Å². The Labute approximate surface area is 166 Å². The smallest absolute Gasteiger partial charge is 0.251 e. The van der Waals surface area contributed by atoms with Gasteiger partial charge in [0.2, 0.25) is 10.0 Å². The molecular formula is C22H26N2O3S.